The first-order chi connectivity index (χ1) is 20.8. The molecular formula is C33H41FN4O5S. The SMILES string of the molecule is C/C(=C\c1c(C)nc(C)c([C@H](OC(C)(C)C)C(=O)O)c1-c1cc(F)c2c(c1C)CCCO2)c1nc(NC2CCOCC2)ns1. The van der Waals surface area contributed by atoms with Crippen LogP contribution in [0.2, 0.25) is 0 Å². The molecule has 0 aliphatic carbocycles. The number of rotatable bonds is 8. The predicted octanol–water partition coefficient (Wildman–Crippen LogP) is 7.08. The number of halogens is 1. The Morgan fingerprint density at radius 3 is 2.59 bits per heavy atom. The van der Waals surface area contributed by atoms with Crippen LogP contribution in [-0.2, 0) is 20.7 Å². The molecule has 3 aromatic rings. The second-order valence-corrected chi connectivity index (χ2v) is 13.3. The number of nitrogens with zero attached hydrogens (tertiary/aromatic N) is 3. The first-order valence-corrected chi connectivity index (χ1v) is 15.8. The number of hydrogen-bond acceptors (Lipinski definition) is 9. The third-order valence-corrected chi connectivity index (χ3v) is 8.85. The highest BCUT2D eigenvalue weighted by Crippen LogP contribution is 2.44. The Morgan fingerprint density at radius 1 is 1.18 bits per heavy atom. The summed E-state index contributed by atoms with van der Waals surface area (Å²) < 4.78 is 37.5. The van der Waals surface area contributed by atoms with Gasteiger partial charge in [-0.25, -0.2) is 14.2 Å². The van der Waals surface area contributed by atoms with Crippen LogP contribution in [0.3, 0.4) is 0 Å². The summed E-state index contributed by atoms with van der Waals surface area (Å²) in [5, 5.41) is 14.6. The van der Waals surface area contributed by atoms with E-state index in [0.717, 1.165) is 41.0 Å². The third-order valence-electron chi connectivity index (χ3n) is 8.00. The number of aromatic nitrogens is 3. The Kier molecular flexibility index (Phi) is 9.38. The predicted molar refractivity (Wildman–Crippen MR) is 170 cm³/mol. The van der Waals surface area contributed by atoms with E-state index < -0.39 is 23.5 Å². The van der Waals surface area contributed by atoms with E-state index in [2.05, 4.69) is 9.69 Å². The van der Waals surface area contributed by atoms with Crippen molar-refractivity contribution in [2.24, 2.45) is 0 Å². The van der Waals surface area contributed by atoms with Gasteiger partial charge in [-0.15, -0.1) is 0 Å². The molecule has 44 heavy (non-hydrogen) atoms. The lowest BCUT2D eigenvalue weighted by Gasteiger charge is -2.30. The van der Waals surface area contributed by atoms with Crippen molar-refractivity contribution in [2.75, 3.05) is 25.1 Å². The number of ether oxygens (including phenoxy) is 3. The van der Waals surface area contributed by atoms with Gasteiger partial charge in [-0.3, -0.25) is 4.98 Å². The lowest BCUT2D eigenvalue weighted by Crippen LogP contribution is -2.29. The largest absolute Gasteiger partial charge is 0.490 e. The summed E-state index contributed by atoms with van der Waals surface area (Å²) in [7, 11) is 0. The maximum atomic E-state index is 15.7. The Hall–Kier alpha value is -3.41. The summed E-state index contributed by atoms with van der Waals surface area (Å²) in [5.41, 5.74) is 5.15. The van der Waals surface area contributed by atoms with E-state index in [1.54, 1.807) is 6.92 Å². The number of benzene rings is 1. The van der Waals surface area contributed by atoms with Crippen LogP contribution in [0.15, 0.2) is 6.07 Å². The molecular weight excluding hydrogens is 583 g/mol. The zero-order valence-corrected chi connectivity index (χ0v) is 27.3. The van der Waals surface area contributed by atoms with Crippen LogP contribution in [0.5, 0.6) is 5.75 Å². The van der Waals surface area contributed by atoms with E-state index in [4.69, 9.17) is 24.2 Å². The second-order valence-electron chi connectivity index (χ2n) is 12.5. The fraction of sp³-hybridized carbons (Fsp3) is 0.515. The van der Waals surface area contributed by atoms with Crippen LogP contribution in [0, 0.1) is 26.6 Å². The number of fused-ring (bicyclic) bond motifs is 1. The zero-order valence-electron chi connectivity index (χ0n) is 26.5. The van der Waals surface area contributed by atoms with E-state index in [1.807, 2.05) is 47.6 Å². The van der Waals surface area contributed by atoms with Crippen molar-refractivity contribution in [3.8, 4) is 16.9 Å². The molecule has 1 aromatic carbocycles. The highest BCUT2D eigenvalue weighted by Gasteiger charge is 2.34. The molecule has 1 fully saturated rings. The number of aliphatic carboxylic acids is 1. The molecule has 236 valence electrons. The number of pyridine rings is 1. The summed E-state index contributed by atoms with van der Waals surface area (Å²) >= 11 is 1.28. The number of hydrogen-bond donors (Lipinski definition) is 2. The summed E-state index contributed by atoms with van der Waals surface area (Å²) in [6, 6.07) is 1.72. The van der Waals surface area contributed by atoms with Gasteiger partial charge in [0.25, 0.3) is 0 Å². The van der Waals surface area contributed by atoms with Gasteiger partial charge in [0, 0.05) is 47.3 Å². The molecule has 0 spiro atoms. The average Bonchev–Trinajstić information content (AvgIpc) is 3.44. The fourth-order valence-electron chi connectivity index (χ4n) is 5.92. The third kappa shape index (κ3) is 6.79. The summed E-state index contributed by atoms with van der Waals surface area (Å²) in [5.74, 6) is -0.772. The van der Waals surface area contributed by atoms with E-state index in [0.29, 0.717) is 65.8 Å². The number of carboxylic acids is 1. The number of nitrogens with one attached hydrogen (secondary N) is 1. The first-order valence-electron chi connectivity index (χ1n) is 15.1. The molecule has 0 radical (unpaired) electrons. The zero-order chi connectivity index (χ0) is 31.8. The molecule has 2 aliphatic heterocycles. The molecule has 0 amide bonds. The monoisotopic (exact) mass is 624 g/mol. The summed E-state index contributed by atoms with van der Waals surface area (Å²) in [4.78, 5) is 22.4. The van der Waals surface area contributed by atoms with E-state index in [1.165, 1.54) is 17.6 Å². The van der Waals surface area contributed by atoms with Gasteiger partial charge in [0.2, 0.25) is 5.95 Å². The highest BCUT2D eigenvalue weighted by atomic mass is 32.1. The lowest BCUT2D eigenvalue weighted by atomic mass is 9.84. The van der Waals surface area contributed by atoms with Crippen LogP contribution in [-0.4, -0.2) is 56.9 Å². The minimum Gasteiger partial charge on any atom is -0.490 e. The molecule has 2 aliphatic rings. The normalized spacial score (nSPS) is 16.8. The van der Waals surface area contributed by atoms with Crippen molar-refractivity contribution in [1.29, 1.82) is 0 Å². The summed E-state index contributed by atoms with van der Waals surface area (Å²) in [6.45, 7) is 14.9. The van der Waals surface area contributed by atoms with E-state index in [-0.39, 0.29) is 11.8 Å². The molecule has 4 heterocycles. The second kappa shape index (κ2) is 12.9. The smallest absolute Gasteiger partial charge is 0.337 e. The Bertz CT molecular complexity index is 1590. The van der Waals surface area contributed by atoms with Crippen molar-refractivity contribution in [1.82, 2.24) is 14.3 Å². The van der Waals surface area contributed by atoms with Crippen LogP contribution in [0.4, 0.5) is 10.3 Å². The van der Waals surface area contributed by atoms with Crippen molar-refractivity contribution < 1.29 is 28.5 Å². The Labute approximate surface area is 262 Å². The van der Waals surface area contributed by atoms with Gasteiger partial charge in [-0.2, -0.15) is 4.37 Å². The van der Waals surface area contributed by atoms with Crippen LogP contribution >= 0.6 is 11.5 Å². The van der Waals surface area contributed by atoms with Crippen molar-refractivity contribution in [2.45, 2.75) is 91.9 Å². The van der Waals surface area contributed by atoms with Crippen LogP contribution in [0.1, 0.15) is 91.7 Å². The number of carboxylic acid groups (broad SMARTS) is 1. The Balaban J connectivity index is 1.70. The minimum atomic E-state index is -1.34. The fourth-order valence-corrected chi connectivity index (χ4v) is 6.51. The van der Waals surface area contributed by atoms with Gasteiger partial charge >= 0.3 is 5.97 Å². The standard InChI is InChI=1S/C33H41FN4O5S/c1-17(30-37-32(38-44-30)36-21-10-13-41-14-11-21)15-24-19(3)35-20(4)26(29(31(39)40)43-33(5,6)7)27(24)23-16-25(34)28-22(18(23)2)9-8-12-42-28/h15-16,21,29H,8-14H2,1-7H3,(H,36,38)(H,39,40)/b17-15+/t29-/m0/s1. The molecule has 9 nitrogen and oxygen atoms in total. The van der Waals surface area contributed by atoms with E-state index in [9.17, 15) is 9.90 Å². The molecule has 0 unspecified atom stereocenters. The van der Waals surface area contributed by atoms with Crippen LogP contribution < -0.4 is 10.1 Å². The Morgan fingerprint density at radius 2 is 1.91 bits per heavy atom. The highest BCUT2D eigenvalue weighted by molar-refractivity contribution is 7.06. The van der Waals surface area contributed by atoms with Gasteiger partial charge in [-0.05, 0) is 120 Å². The topological polar surface area (TPSA) is 116 Å². The number of anilines is 1. The van der Waals surface area contributed by atoms with Gasteiger partial charge in [-0.1, -0.05) is 0 Å². The van der Waals surface area contributed by atoms with Crippen molar-refractivity contribution in [3.63, 3.8) is 0 Å². The van der Waals surface area contributed by atoms with Gasteiger partial charge in [0.1, 0.15) is 5.01 Å². The lowest BCUT2D eigenvalue weighted by molar-refractivity contribution is -0.160. The first kappa shape index (κ1) is 32.0. The average molecular weight is 625 g/mol. The van der Waals surface area contributed by atoms with Gasteiger partial charge < -0.3 is 24.6 Å². The molecule has 11 heteroatoms. The van der Waals surface area contributed by atoms with Crippen molar-refractivity contribution in [3.05, 3.63) is 50.5 Å². The number of allylic oxidation sites excluding steroid dienone is 1. The molecule has 0 bridgehead atoms. The minimum absolute atomic E-state index is 0.259. The maximum Gasteiger partial charge on any atom is 0.337 e. The number of aryl methyl sites for hydroxylation is 2. The molecule has 0 saturated carbocycles. The number of carbonyl (C=O) groups is 1. The van der Waals surface area contributed by atoms with Gasteiger partial charge in [0.15, 0.2) is 17.7 Å². The molecule has 5 rings (SSSR count). The van der Waals surface area contributed by atoms with Gasteiger partial charge in [0.05, 0.1) is 12.2 Å². The molecule has 2 aromatic heterocycles. The summed E-state index contributed by atoms with van der Waals surface area (Å²) in [6.07, 6.45) is 3.85. The quantitative estimate of drug-likeness (QED) is 0.271. The molecule has 2 N–H and O–H groups in total. The van der Waals surface area contributed by atoms with Crippen molar-refractivity contribution >= 4 is 35.1 Å². The maximum absolute atomic E-state index is 15.7. The molecule has 1 atom stereocenters. The van der Waals surface area contributed by atoms with Crippen LogP contribution in [0.25, 0.3) is 22.8 Å². The molecule has 1 saturated heterocycles. The van der Waals surface area contributed by atoms with E-state index >= 15 is 4.39 Å².